The first-order valence-electron chi connectivity index (χ1n) is 5.55. The summed E-state index contributed by atoms with van der Waals surface area (Å²) in [4.78, 5) is 5.95. The largest absolute Gasteiger partial charge is 0.390 e. The first kappa shape index (κ1) is 13.1. The molecule has 0 bridgehead atoms. The molecule has 0 aromatic carbocycles. The Morgan fingerprint density at radius 2 is 2.00 bits per heavy atom. The van der Waals surface area contributed by atoms with E-state index in [2.05, 4.69) is 17.2 Å². The lowest BCUT2D eigenvalue weighted by Crippen LogP contribution is -2.36. The van der Waals surface area contributed by atoms with Crippen LogP contribution in [0.3, 0.4) is 0 Å². The third-order valence-corrected chi connectivity index (χ3v) is 2.44. The zero-order valence-corrected chi connectivity index (χ0v) is 10.2. The van der Waals surface area contributed by atoms with Gasteiger partial charge in [0.2, 0.25) is 0 Å². The number of aliphatic hydroxyl groups is 1. The van der Waals surface area contributed by atoms with E-state index in [0.29, 0.717) is 13.1 Å². The van der Waals surface area contributed by atoms with Crippen LogP contribution in [0.4, 0.5) is 0 Å². The topological polar surface area (TPSA) is 48.4 Å². The van der Waals surface area contributed by atoms with Gasteiger partial charge in [-0.15, -0.1) is 0 Å². The van der Waals surface area contributed by atoms with Gasteiger partial charge in [-0.1, -0.05) is 0 Å². The van der Waals surface area contributed by atoms with Crippen molar-refractivity contribution in [3.8, 4) is 0 Å². The Labute approximate surface area is 97.3 Å². The number of aromatic nitrogens is 1. The van der Waals surface area contributed by atoms with Crippen molar-refractivity contribution < 1.29 is 5.11 Å². The van der Waals surface area contributed by atoms with Gasteiger partial charge >= 0.3 is 0 Å². The van der Waals surface area contributed by atoms with E-state index in [0.717, 1.165) is 0 Å². The molecule has 1 aromatic rings. The highest BCUT2D eigenvalue weighted by Crippen LogP contribution is 2.09. The van der Waals surface area contributed by atoms with Crippen molar-refractivity contribution in [2.75, 3.05) is 27.2 Å². The highest BCUT2D eigenvalue weighted by Gasteiger charge is 2.08. The number of rotatable bonds is 6. The molecule has 2 N–H and O–H groups in total. The molecule has 0 amide bonds. The summed E-state index contributed by atoms with van der Waals surface area (Å²) < 4.78 is 0. The van der Waals surface area contributed by atoms with Crippen LogP contribution in [-0.2, 0) is 0 Å². The predicted octanol–water partition coefficient (Wildman–Crippen LogP) is 0.655. The molecule has 90 valence electrons. The molecule has 1 heterocycles. The molecule has 0 aliphatic carbocycles. The normalized spacial score (nSPS) is 15.1. The van der Waals surface area contributed by atoms with Gasteiger partial charge < -0.3 is 15.3 Å². The number of nitrogens with one attached hydrogen (secondary N) is 1. The average molecular weight is 223 g/mol. The summed E-state index contributed by atoms with van der Waals surface area (Å²) in [5.41, 5.74) is 1.19. The van der Waals surface area contributed by atoms with Gasteiger partial charge in [0.1, 0.15) is 0 Å². The minimum absolute atomic E-state index is 0.236. The molecule has 0 aliphatic heterocycles. The second kappa shape index (κ2) is 6.58. The summed E-state index contributed by atoms with van der Waals surface area (Å²) in [5, 5.41) is 13.0. The maximum absolute atomic E-state index is 9.70. The summed E-state index contributed by atoms with van der Waals surface area (Å²) in [6, 6.07) is 4.20. The standard InChI is InChI=1S/C12H21N3O/c1-10(11-4-6-13-7-5-11)14-8-12(16)9-15(2)3/h4-7,10,12,14,16H,8-9H2,1-3H3. The van der Waals surface area contributed by atoms with Gasteiger partial charge in [-0.05, 0) is 38.7 Å². The number of hydrogen-bond donors (Lipinski definition) is 2. The summed E-state index contributed by atoms with van der Waals surface area (Å²) in [5.74, 6) is 0. The SMILES string of the molecule is CC(NCC(O)CN(C)C)c1ccncc1. The van der Waals surface area contributed by atoms with Crippen molar-refractivity contribution in [2.45, 2.75) is 19.1 Å². The molecular weight excluding hydrogens is 202 g/mol. The Kier molecular flexibility index (Phi) is 5.38. The summed E-state index contributed by atoms with van der Waals surface area (Å²) in [6.07, 6.45) is 3.23. The van der Waals surface area contributed by atoms with E-state index < -0.39 is 0 Å². The Morgan fingerprint density at radius 1 is 1.38 bits per heavy atom. The molecular formula is C12H21N3O. The summed E-state index contributed by atoms with van der Waals surface area (Å²) in [7, 11) is 3.91. The molecule has 1 aromatic heterocycles. The molecule has 0 saturated heterocycles. The van der Waals surface area contributed by atoms with Gasteiger partial charge in [-0.2, -0.15) is 0 Å². The van der Waals surface area contributed by atoms with Crippen LogP contribution in [0.1, 0.15) is 18.5 Å². The fraction of sp³-hybridized carbons (Fsp3) is 0.583. The number of aliphatic hydroxyl groups excluding tert-OH is 1. The smallest absolute Gasteiger partial charge is 0.0791 e. The fourth-order valence-electron chi connectivity index (χ4n) is 1.57. The zero-order valence-electron chi connectivity index (χ0n) is 10.2. The molecule has 0 aliphatic rings. The third-order valence-electron chi connectivity index (χ3n) is 2.44. The first-order chi connectivity index (χ1) is 7.59. The van der Waals surface area contributed by atoms with Crippen LogP contribution < -0.4 is 5.32 Å². The minimum Gasteiger partial charge on any atom is -0.390 e. The lowest BCUT2D eigenvalue weighted by Gasteiger charge is -2.19. The van der Waals surface area contributed by atoms with Crippen LogP contribution in [0, 0.1) is 0 Å². The highest BCUT2D eigenvalue weighted by atomic mass is 16.3. The van der Waals surface area contributed by atoms with Crippen LogP contribution in [-0.4, -0.2) is 48.3 Å². The second-order valence-electron chi connectivity index (χ2n) is 4.33. The first-order valence-corrected chi connectivity index (χ1v) is 5.55. The van der Waals surface area contributed by atoms with Crippen LogP contribution in [0.2, 0.25) is 0 Å². The Hall–Kier alpha value is -0.970. The molecule has 0 fully saturated rings. The van der Waals surface area contributed by atoms with Gasteiger partial charge in [0.05, 0.1) is 6.10 Å². The molecule has 4 heteroatoms. The second-order valence-corrected chi connectivity index (χ2v) is 4.33. The summed E-state index contributed by atoms with van der Waals surface area (Å²) >= 11 is 0. The molecule has 1 rings (SSSR count). The zero-order chi connectivity index (χ0) is 12.0. The van der Waals surface area contributed by atoms with Crippen molar-refractivity contribution in [3.63, 3.8) is 0 Å². The predicted molar refractivity (Wildman–Crippen MR) is 65.2 cm³/mol. The van der Waals surface area contributed by atoms with Crippen LogP contribution >= 0.6 is 0 Å². The van der Waals surface area contributed by atoms with Gasteiger partial charge in [0.15, 0.2) is 0 Å². The molecule has 2 atom stereocenters. The minimum atomic E-state index is -0.334. The molecule has 0 spiro atoms. The Balaban J connectivity index is 2.33. The molecule has 0 radical (unpaired) electrons. The Bertz CT molecular complexity index is 290. The van der Waals surface area contributed by atoms with Gasteiger partial charge in [0.25, 0.3) is 0 Å². The van der Waals surface area contributed by atoms with Gasteiger partial charge in [-0.25, -0.2) is 0 Å². The van der Waals surface area contributed by atoms with E-state index in [1.54, 1.807) is 12.4 Å². The molecule has 0 saturated carbocycles. The van der Waals surface area contributed by atoms with E-state index in [1.165, 1.54) is 5.56 Å². The van der Waals surface area contributed by atoms with Crippen molar-refractivity contribution in [3.05, 3.63) is 30.1 Å². The van der Waals surface area contributed by atoms with E-state index in [-0.39, 0.29) is 12.1 Å². The van der Waals surface area contributed by atoms with Crippen molar-refractivity contribution in [1.29, 1.82) is 0 Å². The third kappa shape index (κ3) is 4.70. The maximum Gasteiger partial charge on any atom is 0.0791 e. The summed E-state index contributed by atoms with van der Waals surface area (Å²) in [6.45, 7) is 3.36. The number of hydrogen-bond acceptors (Lipinski definition) is 4. The number of likely N-dealkylation sites (N-methyl/N-ethyl adjacent to an activating group) is 1. The number of pyridine rings is 1. The van der Waals surface area contributed by atoms with Crippen LogP contribution in [0.5, 0.6) is 0 Å². The Morgan fingerprint density at radius 3 is 2.56 bits per heavy atom. The monoisotopic (exact) mass is 223 g/mol. The average Bonchev–Trinajstić information content (AvgIpc) is 2.26. The highest BCUT2D eigenvalue weighted by molar-refractivity contribution is 5.13. The van der Waals surface area contributed by atoms with Crippen molar-refractivity contribution in [1.82, 2.24) is 15.2 Å². The molecule has 4 nitrogen and oxygen atoms in total. The van der Waals surface area contributed by atoms with Crippen molar-refractivity contribution in [2.24, 2.45) is 0 Å². The van der Waals surface area contributed by atoms with Gasteiger partial charge in [0, 0.05) is 31.5 Å². The molecule has 2 unspecified atom stereocenters. The van der Waals surface area contributed by atoms with Gasteiger partial charge in [-0.3, -0.25) is 4.98 Å². The quantitative estimate of drug-likeness (QED) is 0.743. The number of nitrogens with zero attached hydrogens (tertiary/aromatic N) is 2. The van der Waals surface area contributed by atoms with E-state index in [4.69, 9.17) is 0 Å². The maximum atomic E-state index is 9.70. The fourth-order valence-corrected chi connectivity index (χ4v) is 1.57. The van der Waals surface area contributed by atoms with Crippen LogP contribution in [0.25, 0.3) is 0 Å². The van der Waals surface area contributed by atoms with E-state index >= 15 is 0 Å². The van der Waals surface area contributed by atoms with Crippen molar-refractivity contribution >= 4 is 0 Å². The van der Waals surface area contributed by atoms with E-state index in [1.807, 2.05) is 31.1 Å². The van der Waals surface area contributed by atoms with E-state index in [9.17, 15) is 5.11 Å². The lowest BCUT2D eigenvalue weighted by atomic mass is 10.1. The lowest BCUT2D eigenvalue weighted by molar-refractivity contribution is 0.132. The molecule has 16 heavy (non-hydrogen) atoms. The van der Waals surface area contributed by atoms with Crippen LogP contribution in [0.15, 0.2) is 24.5 Å².